The molecule has 0 amide bonds. The molecular weight excluding hydrogens is 150 g/mol. The number of H-pyrrole nitrogens is 1. The van der Waals surface area contributed by atoms with Gasteiger partial charge in [0.1, 0.15) is 5.52 Å². The van der Waals surface area contributed by atoms with E-state index in [9.17, 15) is 4.79 Å². The summed E-state index contributed by atoms with van der Waals surface area (Å²) in [6.07, 6.45) is 1.59. The van der Waals surface area contributed by atoms with Gasteiger partial charge in [0.25, 0.3) is 5.56 Å². The molecule has 2 rings (SSSR count). The van der Waals surface area contributed by atoms with Crippen LogP contribution in [0.2, 0.25) is 0 Å². The lowest BCUT2D eigenvalue weighted by Gasteiger charge is -1.80. The van der Waals surface area contributed by atoms with Crippen LogP contribution in [0.3, 0.4) is 0 Å². The van der Waals surface area contributed by atoms with Gasteiger partial charge in [0, 0.05) is 0 Å². The predicted molar refractivity (Wildman–Crippen MR) is 38.0 cm³/mol. The summed E-state index contributed by atoms with van der Waals surface area (Å²) in [7, 11) is 0. The summed E-state index contributed by atoms with van der Waals surface area (Å²) in [6, 6.07) is 0. The molecule has 5 heteroatoms. The van der Waals surface area contributed by atoms with Crippen molar-refractivity contribution in [3.63, 3.8) is 0 Å². The zero-order valence-electron chi connectivity index (χ0n) is 4.87. The quantitative estimate of drug-likeness (QED) is 0.595. The molecule has 0 bridgehead atoms. The van der Waals surface area contributed by atoms with E-state index in [-0.39, 0.29) is 5.56 Å². The van der Waals surface area contributed by atoms with E-state index in [0.29, 0.717) is 5.52 Å². The number of hydrogen-bond acceptors (Lipinski definition) is 4. The van der Waals surface area contributed by atoms with Gasteiger partial charge < -0.3 is 0 Å². The zero-order chi connectivity index (χ0) is 6.97. The number of nitrogens with zero attached hydrogens (tertiary/aromatic N) is 2. The number of aromatic amines is 1. The molecule has 10 heavy (non-hydrogen) atoms. The highest BCUT2D eigenvalue weighted by Gasteiger charge is 1.98. The van der Waals surface area contributed by atoms with Crippen LogP contribution in [0.1, 0.15) is 0 Å². The number of nitrogens with one attached hydrogen (secondary N) is 1. The van der Waals surface area contributed by atoms with Crippen molar-refractivity contribution in [1.82, 2.24) is 15.2 Å². The Labute approximate surface area is 59.5 Å². The van der Waals surface area contributed by atoms with Gasteiger partial charge in [0.2, 0.25) is 0 Å². The van der Waals surface area contributed by atoms with Gasteiger partial charge in [0.05, 0.1) is 16.4 Å². The van der Waals surface area contributed by atoms with Crippen molar-refractivity contribution in [3.8, 4) is 0 Å². The summed E-state index contributed by atoms with van der Waals surface area (Å²) in [5.74, 6) is 0. The van der Waals surface area contributed by atoms with E-state index < -0.39 is 0 Å². The van der Waals surface area contributed by atoms with E-state index in [4.69, 9.17) is 0 Å². The number of thiazole rings is 1. The molecule has 0 aliphatic carbocycles. The first-order chi connectivity index (χ1) is 4.88. The van der Waals surface area contributed by atoms with E-state index in [0.717, 1.165) is 4.70 Å². The van der Waals surface area contributed by atoms with Crippen molar-refractivity contribution in [2.45, 2.75) is 0 Å². The maximum absolute atomic E-state index is 10.9. The van der Waals surface area contributed by atoms with Crippen molar-refractivity contribution >= 4 is 21.6 Å². The van der Waals surface area contributed by atoms with Crippen LogP contribution in [0.15, 0.2) is 16.5 Å². The molecule has 0 aliphatic rings. The molecule has 2 heterocycles. The Kier molecular flexibility index (Phi) is 1.04. The molecule has 0 saturated heterocycles. The predicted octanol–water partition coefficient (Wildman–Crippen LogP) is 0.380. The van der Waals surface area contributed by atoms with Crippen LogP contribution in [-0.4, -0.2) is 15.2 Å². The minimum atomic E-state index is -0.223. The molecule has 0 unspecified atom stereocenters. The highest BCUT2D eigenvalue weighted by atomic mass is 32.1. The Balaban J connectivity index is 3.09. The lowest BCUT2D eigenvalue weighted by Crippen LogP contribution is -2.06. The molecule has 2 aromatic rings. The van der Waals surface area contributed by atoms with Gasteiger partial charge in [-0.05, 0) is 0 Å². The van der Waals surface area contributed by atoms with Gasteiger partial charge in [0.15, 0.2) is 0 Å². The number of fused-ring (bicyclic) bond motifs is 1. The Morgan fingerprint density at radius 1 is 1.60 bits per heavy atom. The zero-order valence-corrected chi connectivity index (χ0v) is 5.68. The standard InChI is InChI=1S/C5H3N3OS/c9-5-4-3(1-7-8-5)10-2-6-4/h1-2H,(H,8,9). The van der Waals surface area contributed by atoms with Crippen LogP contribution >= 0.6 is 11.3 Å². The van der Waals surface area contributed by atoms with Gasteiger partial charge in [-0.25, -0.2) is 10.1 Å². The van der Waals surface area contributed by atoms with Crippen LogP contribution in [0.4, 0.5) is 0 Å². The SMILES string of the molecule is O=c1[nH]ncc2scnc12. The highest BCUT2D eigenvalue weighted by Crippen LogP contribution is 2.09. The first kappa shape index (κ1) is 5.55. The fourth-order valence-corrected chi connectivity index (χ4v) is 1.36. The maximum atomic E-state index is 10.9. The summed E-state index contributed by atoms with van der Waals surface area (Å²) in [4.78, 5) is 14.7. The molecule has 0 aromatic carbocycles. The smallest absolute Gasteiger partial charge is 0.265 e. The Hall–Kier alpha value is -1.23. The van der Waals surface area contributed by atoms with Gasteiger partial charge in [-0.3, -0.25) is 4.79 Å². The average Bonchev–Trinajstić information content (AvgIpc) is 2.36. The molecule has 0 radical (unpaired) electrons. The third kappa shape index (κ3) is 0.640. The number of rotatable bonds is 0. The third-order valence-electron chi connectivity index (χ3n) is 1.16. The highest BCUT2D eigenvalue weighted by molar-refractivity contribution is 7.16. The lowest BCUT2D eigenvalue weighted by molar-refractivity contribution is 1.01. The maximum Gasteiger partial charge on any atom is 0.291 e. The number of hydrogen-bond donors (Lipinski definition) is 1. The van der Waals surface area contributed by atoms with Crippen molar-refractivity contribution in [2.75, 3.05) is 0 Å². The van der Waals surface area contributed by atoms with E-state index in [2.05, 4.69) is 15.2 Å². The monoisotopic (exact) mass is 153 g/mol. The Bertz CT molecular complexity index is 404. The molecule has 0 fully saturated rings. The second-order valence-corrected chi connectivity index (χ2v) is 2.65. The minimum Gasteiger partial charge on any atom is -0.265 e. The van der Waals surface area contributed by atoms with E-state index >= 15 is 0 Å². The van der Waals surface area contributed by atoms with Gasteiger partial charge >= 0.3 is 0 Å². The average molecular weight is 153 g/mol. The largest absolute Gasteiger partial charge is 0.291 e. The van der Waals surface area contributed by atoms with Crippen molar-refractivity contribution in [3.05, 3.63) is 22.1 Å². The molecule has 1 N–H and O–H groups in total. The van der Waals surface area contributed by atoms with Crippen molar-refractivity contribution in [2.24, 2.45) is 0 Å². The van der Waals surface area contributed by atoms with E-state index in [1.54, 1.807) is 11.7 Å². The topological polar surface area (TPSA) is 58.6 Å². The molecule has 50 valence electrons. The summed E-state index contributed by atoms with van der Waals surface area (Å²) in [5, 5.41) is 5.92. The fraction of sp³-hybridized carbons (Fsp3) is 0. The number of aromatic nitrogens is 3. The van der Waals surface area contributed by atoms with Crippen LogP contribution in [0, 0.1) is 0 Å². The lowest BCUT2D eigenvalue weighted by atomic mass is 10.5. The van der Waals surface area contributed by atoms with Gasteiger partial charge in [-0.2, -0.15) is 5.10 Å². The first-order valence-corrected chi connectivity index (χ1v) is 3.53. The van der Waals surface area contributed by atoms with Crippen molar-refractivity contribution < 1.29 is 0 Å². The molecule has 0 aliphatic heterocycles. The summed E-state index contributed by atoms with van der Waals surface area (Å²) in [6.45, 7) is 0. The minimum absolute atomic E-state index is 0.223. The molecule has 0 atom stereocenters. The summed E-state index contributed by atoms with van der Waals surface area (Å²) in [5.41, 5.74) is 1.88. The molecule has 2 aromatic heterocycles. The van der Waals surface area contributed by atoms with E-state index in [1.807, 2.05) is 0 Å². The third-order valence-corrected chi connectivity index (χ3v) is 1.92. The summed E-state index contributed by atoms with van der Waals surface area (Å²) < 4.78 is 0.823. The summed E-state index contributed by atoms with van der Waals surface area (Å²) >= 11 is 1.41. The molecular formula is C5H3N3OS. The van der Waals surface area contributed by atoms with Gasteiger partial charge in [-0.15, -0.1) is 11.3 Å². The van der Waals surface area contributed by atoms with Crippen LogP contribution in [-0.2, 0) is 0 Å². The van der Waals surface area contributed by atoms with Crippen molar-refractivity contribution in [1.29, 1.82) is 0 Å². The molecule has 0 spiro atoms. The van der Waals surface area contributed by atoms with Crippen LogP contribution in [0.5, 0.6) is 0 Å². The molecule has 0 saturated carbocycles. The normalized spacial score (nSPS) is 10.4. The second kappa shape index (κ2) is 1.88. The van der Waals surface area contributed by atoms with E-state index in [1.165, 1.54) is 11.3 Å². The van der Waals surface area contributed by atoms with Crippen LogP contribution < -0.4 is 5.56 Å². The Morgan fingerprint density at radius 3 is 3.30 bits per heavy atom. The second-order valence-electron chi connectivity index (χ2n) is 1.76. The Morgan fingerprint density at radius 2 is 2.50 bits per heavy atom. The first-order valence-electron chi connectivity index (χ1n) is 2.65. The van der Waals surface area contributed by atoms with Gasteiger partial charge in [-0.1, -0.05) is 0 Å². The molecule has 4 nitrogen and oxygen atoms in total. The fourth-order valence-electron chi connectivity index (χ4n) is 0.720. The van der Waals surface area contributed by atoms with Crippen LogP contribution in [0.25, 0.3) is 10.2 Å².